The molecule has 1 amide bonds. The van der Waals surface area contributed by atoms with Crippen molar-refractivity contribution in [3.05, 3.63) is 11.7 Å². The Hall–Kier alpha value is -1.48. The number of rotatable bonds is 8. The number of nitrogens with one attached hydrogen (secondary N) is 1. The predicted molar refractivity (Wildman–Crippen MR) is 84.2 cm³/mol. The van der Waals surface area contributed by atoms with E-state index >= 15 is 0 Å². The lowest BCUT2D eigenvalue weighted by Gasteiger charge is -2.17. The van der Waals surface area contributed by atoms with Crippen LogP contribution in [0.25, 0.3) is 0 Å². The van der Waals surface area contributed by atoms with Gasteiger partial charge in [-0.05, 0) is 26.2 Å². The molecule has 23 heavy (non-hydrogen) atoms. The van der Waals surface area contributed by atoms with Crippen LogP contribution in [-0.2, 0) is 21.2 Å². The number of aromatic nitrogens is 2. The van der Waals surface area contributed by atoms with Crippen LogP contribution in [0, 0.1) is 6.92 Å². The third-order valence-corrected chi connectivity index (χ3v) is 5.35. The molecular weight excluding hydrogens is 320 g/mol. The van der Waals surface area contributed by atoms with Crippen LogP contribution < -0.4 is 4.72 Å². The van der Waals surface area contributed by atoms with E-state index in [-0.39, 0.29) is 17.7 Å². The Morgan fingerprint density at radius 2 is 2.26 bits per heavy atom. The van der Waals surface area contributed by atoms with E-state index in [0.29, 0.717) is 56.9 Å². The molecule has 0 unspecified atom stereocenters. The van der Waals surface area contributed by atoms with Gasteiger partial charge in [-0.25, -0.2) is 13.1 Å². The number of hydrogen-bond donors (Lipinski definition) is 1. The first-order valence-corrected chi connectivity index (χ1v) is 9.62. The molecule has 0 radical (unpaired) electrons. The summed E-state index contributed by atoms with van der Waals surface area (Å²) >= 11 is 0. The van der Waals surface area contributed by atoms with Crippen molar-refractivity contribution >= 4 is 15.9 Å². The highest BCUT2D eigenvalue weighted by atomic mass is 32.2. The molecule has 2 rings (SSSR count). The van der Waals surface area contributed by atoms with Crippen molar-refractivity contribution in [2.45, 2.75) is 52.0 Å². The maximum Gasteiger partial charge on any atom is 0.226 e. The first-order chi connectivity index (χ1) is 10.9. The first-order valence-electron chi connectivity index (χ1n) is 7.96. The molecule has 1 fully saturated rings. The van der Waals surface area contributed by atoms with Crippen LogP contribution in [0.15, 0.2) is 4.52 Å². The lowest BCUT2D eigenvalue weighted by Crippen LogP contribution is -2.39. The molecule has 1 aromatic heterocycles. The highest BCUT2D eigenvalue weighted by molar-refractivity contribution is 7.89. The van der Waals surface area contributed by atoms with E-state index in [4.69, 9.17) is 4.52 Å². The molecule has 1 N–H and O–H groups in total. The maximum absolute atomic E-state index is 12.2. The van der Waals surface area contributed by atoms with Gasteiger partial charge in [-0.2, -0.15) is 4.98 Å². The molecule has 0 aliphatic carbocycles. The van der Waals surface area contributed by atoms with Gasteiger partial charge in [-0.3, -0.25) is 4.79 Å². The van der Waals surface area contributed by atoms with Crippen molar-refractivity contribution in [3.8, 4) is 0 Å². The summed E-state index contributed by atoms with van der Waals surface area (Å²) in [5.74, 6) is 1.30. The minimum Gasteiger partial charge on any atom is -0.341 e. The highest BCUT2D eigenvalue weighted by Crippen LogP contribution is 2.13. The van der Waals surface area contributed by atoms with E-state index in [1.54, 1.807) is 11.8 Å². The van der Waals surface area contributed by atoms with Gasteiger partial charge in [-0.15, -0.1) is 0 Å². The topological polar surface area (TPSA) is 105 Å². The summed E-state index contributed by atoms with van der Waals surface area (Å²) in [6, 6.07) is -0.172. The summed E-state index contributed by atoms with van der Waals surface area (Å²) < 4.78 is 31.2. The molecule has 0 bridgehead atoms. The molecule has 1 aliphatic heterocycles. The van der Waals surface area contributed by atoms with E-state index in [1.807, 2.05) is 6.92 Å². The lowest BCUT2D eigenvalue weighted by molar-refractivity contribution is -0.130. The molecule has 0 saturated carbocycles. The average Bonchev–Trinajstić information content (AvgIpc) is 3.07. The number of amides is 1. The minimum atomic E-state index is -3.23. The van der Waals surface area contributed by atoms with Gasteiger partial charge in [0.25, 0.3) is 0 Å². The monoisotopic (exact) mass is 344 g/mol. The number of nitrogens with zero attached hydrogens (tertiary/aromatic N) is 3. The van der Waals surface area contributed by atoms with Crippen LogP contribution in [0.4, 0.5) is 0 Å². The van der Waals surface area contributed by atoms with Crippen LogP contribution in [0.3, 0.4) is 0 Å². The van der Waals surface area contributed by atoms with Gasteiger partial charge < -0.3 is 9.42 Å². The zero-order valence-electron chi connectivity index (χ0n) is 13.6. The Morgan fingerprint density at radius 1 is 1.48 bits per heavy atom. The summed E-state index contributed by atoms with van der Waals surface area (Å²) in [4.78, 5) is 18.0. The normalized spacial score (nSPS) is 18.5. The summed E-state index contributed by atoms with van der Waals surface area (Å²) in [6.07, 6.45) is 2.86. The summed E-state index contributed by atoms with van der Waals surface area (Å²) in [6.45, 7) is 4.62. The molecule has 1 saturated heterocycles. The minimum absolute atomic E-state index is 0.0402. The van der Waals surface area contributed by atoms with E-state index < -0.39 is 10.0 Å². The molecule has 1 aliphatic rings. The Morgan fingerprint density at radius 3 is 2.91 bits per heavy atom. The third-order valence-electron chi connectivity index (χ3n) is 3.71. The van der Waals surface area contributed by atoms with Crippen molar-refractivity contribution in [1.29, 1.82) is 0 Å². The number of carbonyl (C=O) groups is 1. The number of sulfonamides is 1. The van der Waals surface area contributed by atoms with Gasteiger partial charge in [0.2, 0.25) is 21.8 Å². The second kappa shape index (κ2) is 7.87. The van der Waals surface area contributed by atoms with Crippen molar-refractivity contribution in [2.75, 3.05) is 18.8 Å². The number of carbonyl (C=O) groups excluding carboxylic acids is 1. The zero-order valence-corrected chi connectivity index (χ0v) is 14.4. The van der Waals surface area contributed by atoms with Crippen molar-refractivity contribution in [3.63, 3.8) is 0 Å². The molecule has 1 atom stereocenters. The fourth-order valence-electron chi connectivity index (χ4n) is 2.66. The Balaban J connectivity index is 1.72. The fraction of sp³-hybridized carbons (Fsp3) is 0.786. The Kier molecular flexibility index (Phi) is 6.11. The number of hydrogen-bond acceptors (Lipinski definition) is 6. The Labute approximate surface area is 136 Å². The largest absolute Gasteiger partial charge is 0.341 e. The quantitative estimate of drug-likeness (QED) is 0.741. The van der Waals surface area contributed by atoms with Crippen LogP contribution in [0.1, 0.15) is 44.3 Å². The molecular formula is C14H24N4O4S. The average molecular weight is 344 g/mol. The van der Waals surface area contributed by atoms with Gasteiger partial charge in [0.05, 0.1) is 5.75 Å². The van der Waals surface area contributed by atoms with Gasteiger partial charge in [0, 0.05) is 32.0 Å². The van der Waals surface area contributed by atoms with E-state index in [2.05, 4.69) is 14.9 Å². The maximum atomic E-state index is 12.2. The van der Waals surface area contributed by atoms with Crippen LogP contribution >= 0.6 is 0 Å². The Bertz CT molecular complexity index is 628. The van der Waals surface area contributed by atoms with Gasteiger partial charge in [0.15, 0.2) is 5.82 Å². The lowest BCUT2D eigenvalue weighted by atomic mass is 10.2. The van der Waals surface area contributed by atoms with E-state index in [0.717, 1.165) is 0 Å². The molecule has 1 aromatic rings. The van der Waals surface area contributed by atoms with Gasteiger partial charge in [-0.1, -0.05) is 12.1 Å². The molecule has 2 heterocycles. The predicted octanol–water partition coefficient (Wildman–Crippen LogP) is 0.631. The standard InChI is InChI=1S/C14H24N4O4S/c1-3-9-23(20,21)17-12-7-8-18(10-12)14(19)6-4-5-13-15-11(2)16-22-13/h12,17H,3-10H2,1-2H3/t12-/m1/s1. The molecule has 0 spiro atoms. The van der Waals surface area contributed by atoms with Crippen molar-refractivity contribution in [1.82, 2.24) is 19.8 Å². The van der Waals surface area contributed by atoms with Crippen molar-refractivity contribution < 1.29 is 17.7 Å². The third kappa shape index (κ3) is 5.58. The number of aryl methyl sites for hydroxylation is 2. The number of likely N-dealkylation sites (tertiary alicyclic amines) is 1. The molecule has 130 valence electrons. The van der Waals surface area contributed by atoms with Gasteiger partial charge >= 0.3 is 0 Å². The van der Waals surface area contributed by atoms with Crippen molar-refractivity contribution in [2.24, 2.45) is 0 Å². The SMILES string of the molecule is CCCS(=O)(=O)N[C@@H]1CCN(C(=O)CCCc2nc(C)no2)C1. The first kappa shape index (κ1) is 17.9. The summed E-state index contributed by atoms with van der Waals surface area (Å²) in [5, 5.41) is 3.70. The van der Waals surface area contributed by atoms with E-state index in [9.17, 15) is 13.2 Å². The zero-order chi connectivity index (χ0) is 16.9. The molecule has 9 heteroatoms. The van der Waals surface area contributed by atoms with Crippen LogP contribution in [0.2, 0.25) is 0 Å². The van der Waals surface area contributed by atoms with Crippen LogP contribution in [0.5, 0.6) is 0 Å². The van der Waals surface area contributed by atoms with E-state index in [1.165, 1.54) is 0 Å². The molecule has 8 nitrogen and oxygen atoms in total. The smallest absolute Gasteiger partial charge is 0.226 e. The highest BCUT2D eigenvalue weighted by Gasteiger charge is 2.28. The molecule has 0 aromatic carbocycles. The van der Waals surface area contributed by atoms with Crippen LogP contribution in [-0.4, -0.2) is 54.2 Å². The fourth-order valence-corrected chi connectivity index (χ4v) is 4.01. The second-order valence-electron chi connectivity index (χ2n) is 5.85. The van der Waals surface area contributed by atoms with Gasteiger partial charge in [0.1, 0.15) is 0 Å². The summed E-state index contributed by atoms with van der Waals surface area (Å²) in [5.41, 5.74) is 0. The summed E-state index contributed by atoms with van der Waals surface area (Å²) in [7, 11) is -3.23. The second-order valence-corrected chi connectivity index (χ2v) is 7.72.